The third-order valence-corrected chi connectivity index (χ3v) is 3.26. The van der Waals surface area contributed by atoms with Crippen molar-refractivity contribution in [2.75, 3.05) is 19.4 Å². The number of amides is 1. The van der Waals surface area contributed by atoms with Crippen LogP contribution in [0.5, 0.6) is 0 Å². The lowest BCUT2D eigenvalue weighted by Crippen LogP contribution is -2.40. The summed E-state index contributed by atoms with van der Waals surface area (Å²) in [5.74, 6) is 0.375. The molecule has 0 radical (unpaired) electrons. The Morgan fingerprint density at radius 3 is 2.64 bits per heavy atom. The second-order valence-electron chi connectivity index (χ2n) is 5.13. The van der Waals surface area contributed by atoms with Crippen molar-refractivity contribution in [3.63, 3.8) is 0 Å². The van der Waals surface area contributed by atoms with Gasteiger partial charge in [0.15, 0.2) is 0 Å². The van der Waals surface area contributed by atoms with E-state index in [9.17, 15) is 4.79 Å². The van der Waals surface area contributed by atoms with Crippen LogP contribution in [0.15, 0.2) is 48.7 Å². The minimum absolute atomic E-state index is 0.0570. The first-order valence-electron chi connectivity index (χ1n) is 6.98. The van der Waals surface area contributed by atoms with Gasteiger partial charge in [-0.3, -0.25) is 4.79 Å². The molecule has 2 aromatic rings. The monoisotopic (exact) mass is 294 g/mol. The first-order valence-corrected chi connectivity index (χ1v) is 6.98. The molecule has 0 spiro atoms. The van der Waals surface area contributed by atoms with E-state index in [0.29, 0.717) is 17.8 Å². The largest absolute Gasteiger partial charge is 0.357 e. The molecule has 0 saturated carbocycles. The molecule has 0 aliphatic carbocycles. The number of aromatic nitrogens is 1. The van der Waals surface area contributed by atoms with Crippen LogP contribution in [0.2, 0.25) is 0 Å². The van der Waals surface area contributed by atoms with Crippen LogP contribution in [0.25, 0.3) is 0 Å². The van der Waals surface area contributed by atoms with Crippen LogP contribution in [0.4, 0.5) is 5.82 Å². The molecule has 0 fully saturated rings. The summed E-state index contributed by atoms with van der Waals surface area (Å²) < 4.78 is 0. The quantitative estimate of drug-likeness (QED) is 0.916. The number of rotatable bonds is 5. The number of hydrogen-bond acceptors (Lipinski definition) is 4. The normalized spacial score (nSPS) is 11.3. The molecule has 1 amide bonds. The molecule has 2 rings (SSSR count). The number of carbonyl (C=O) groups excluding carboxylic acids is 1. The highest BCUT2D eigenvalue weighted by atomic mass is 16.2. The Balaban J connectivity index is 2.25. The van der Waals surface area contributed by atoms with Crippen LogP contribution in [0, 0.1) is 11.3 Å². The van der Waals surface area contributed by atoms with Crippen molar-refractivity contribution >= 4 is 11.7 Å². The van der Waals surface area contributed by atoms with E-state index < -0.39 is 6.04 Å². The van der Waals surface area contributed by atoms with Crippen LogP contribution < -0.4 is 5.32 Å². The first kappa shape index (κ1) is 15.5. The maximum atomic E-state index is 12.4. The van der Waals surface area contributed by atoms with Gasteiger partial charge in [0.05, 0.1) is 5.56 Å². The lowest BCUT2D eigenvalue weighted by molar-refractivity contribution is -0.129. The molecule has 1 atom stereocenters. The van der Waals surface area contributed by atoms with E-state index >= 15 is 0 Å². The Kier molecular flexibility index (Phi) is 5.10. The zero-order valence-corrected chi connectivity index (χ0v) is 12.7. The van der Waals surface area contributed by atoms with Crippen molar-refractivity contribution in [1.82, 2.24) is 9.88 Å². The van der Waals surface area contributed by atoms with Gasteiger partial charge in [-0.25, -0.2) is 4.98 Å². The topological polar surface area (TPSA) is 69.0 Å². The average Bonchev–Trinajstić information content (AvgIpc) is 2.55. The average molecular weight is 294 g/mol. The number of nitrogens with one attached hydrogen (secondary N) is 1. The SMILES string of the molecule is CN(C)C(=O)[C@@H](Cc1ccccc1)Nc1ncccc1C#N. The van der Waals surface area contributed by atoms with Crippen molar-refractivity contribution in [3.05, 3.63) is 59.8 Å². The van der Waals surface area contributed by atoms with E-state index in [4.69, 9.17) is 5.26 Å². The summed E-state index contributed by atoms with van der Waals surface area (Å²) in [5.41, 5.74) is 1.47. The fraction of sp³-hybridized carbons (Fsp3) is 0.235. The van der Waals surface area contributed by atoms with Gasteiger partial charge in [-0.1, -0.05) is 30.3 Å². The molecule has 5 heteroatoms. The Bertz CT molecular complexity index is 677. The summed E-state index contributed by atoms with van der Waals surface area (Å²) in [7, 11) is 3.43. The van der Waals surface area contributed by atoms with Crippen LogP contribution in [0.1, 0.15) is 11.1 Å². The number of nitrogens with zero attached hydrogens (tertiary/aromatic N) is 3. The zero-order chi connectivity index (χ0) is 15.9. The predicted molar refractivity (Wildman–Crippen MR) is 85.2 cm³/mol. The van der Waals surface area contributed by atoms with Gasteiger partial charge in [-0.2, -0.15) is 5.26 Å². The van der Waals surface area contributed by atoms with Crippen molar-refractivity contribution in [3.8, 4) is 6.07 Å². The predicted octanol–water partition coefficient (Wildman–Crippen LogP) is 2.06. The summed E-state index contributed by atoms with van der Waals surface area (Å²) >= 11 is 0. The highest BCUT2D eigenvalue weighted by Gasteiger charge is 2.22. The van der Waals surface area contributed by atoms with E-state index in [1.165, 1.54) is 4.90 Å². The molecule has 0 aliphatic heterocycles. The maximum Gasteiger partial charge on any atom is 0.244 e. The second kappa shape index (κ2) is 7.23. The molecule has 112 valence electrons. The van der Waals surface area contributed by atoms with E-state index in [2.05, 4.69) is 16.4 Å². The molecule has 0 aliphatic rings. The molecule has 0 saturated heterocycles. The second-order valence-corrected chi connectivity index (χ2v) is 5.13. The van der Waals surface area contributed by atoms with Gasteiger partial charge < -0.3 is 10.2 Å². The molecule has 5 nitrogen and oxygen atoms in total. The van der Waals surface area contributed by atoms with E-state index in [0.717, 1.165) is 5.56 Å². The minimum atomic E-state index is -0.473. The molecule has 1 aromatic heterocycles. The summed E-state index contributed by atoms with van der Waals surface area (Å²) in [6, 6.07) is 14.7. The Morgan fingerprint density at radius 2 is 2.00 bits per heavy atom. The highest BCUT2D eigenvalue weighted by molar-refractivity contribution is 5.84. The van der Waals surface area contributed by atoms with Crippen LogP contribution in [0.3, 0.4) is 0 Å². The number of likely N-dealkylation sites (N-methyl/N-ethyl adjacent to an activating group) is 1. The molecular weight excluding hydrogens is 276 g/mol. The number of carbonyl (C=O) groups is 1. The van der Waals surface area contributed by atoms with Crippen molar-refractivity contribution in [1.29, 1.82) is 5.26 Å². The fourth-order valence-electron chi connectivity index (χ4n) is 2.14. The molecule has 0 bridgehead atoms. The molecule has 22 heavy (non-hydrogen) atoms. The molecule has 1 N–H and O–H groups in total. The summed E-state index contributed by atoms with van der Waals surface area (Å²) in [5, 5.41) is 12.2. The van der Waals surface area contributed by atoms with Gasteiger partial charge in [0.2, 0.25) is 5.91 Å². The van der Waals surface area contributed by atoms with Crippen molar-refractivity contribution in [2.24, 2.45) is 0 Å². The molecule has 1 heterocycles. The first-order chi connectivity index (χ1) is 10.6. The fourth-order valence-corrected chi connectivity index (χ4v) is 2.14. The lowest BCUT2D eigenvalue weighted by Gasteiger charge is -2.22. The van der Waals surface area contributed by atoms with E-state index in [-0.39, 0.29) is 5.91 Å². The minimum Gasteiger partial charge on any atom is -0.357 e. The number of hydrogen-bond donors (Lipinski definition) is 1. The summed E-state index contributed by atoms with van der Waals surface area (Å²) in [6.45, 7) is 0. The van der Waals surface area contributed by atoms with Crippen molar-refractivity contribution in [2.45, 2.75) is 12.5 Å². The van der Waals surface area contributed by atoms with Gasteiger partial charge in [-0.05, 0) is 17.7 Å². The summed E-state index contributed by atoms with van der Waals surface area (Å²) in [4.78, 5) is 18.1. The lowest BCUT2D eigenvalue weighted by atomic mass is 10.0. The number of anilines is 1. The van der Waals surface area contributed by atoms with Crippen LogP contribution in [-0.4, -0.2) is 35.9 Å². The standard InChI is InChI=1S/C17H18N4O/c1-21(2)17(22)15(11-13-7-4-3-5-8-13)20-16-14(12-18)9-6-10-19-16/h3-10,15H,11H2,1-2H3,(H,19,20)/t15-/m1/s1. The Labute approximate surface area is 130 Å². The van der Waals surface area contributed by atoms with Crippen LogP contribution >= 0.6 is 0 Å². The molecule has 1 aromatic carbocycles. The Hall–Kier alpha value is -2.87. The third kappa shape index (κ3) is 3.83. The number of nitriles is 1. The molecule has 0 unspecified atom stereocenters. The van der Waals surface area contributed by atoms with Gasteiger partial charge in [-0.15, -0.1) is 0 Å². The van der Waals surface area contributed by atoms with Gasteiger partial charge >= 0.3 is 0 Å². The third-order valence-electron chi connectivity index (χ3n) is 3.26. The number of pyridine rings is 1. The van der Waals surface area contributed by atoms with Crippen LogP contribution in [-0.2, 0) is 11.2 Å². The molecular formula is C17H18N4O. The summed E-state index contributed by atoms with van der Waals surface area (Å²) in [6.07, 6.45) is 2.13. The smallest absolute Gasteiger partial charge is 0.244 e. The van der Waals surface area contributed by atoms with E-state index in [1.807, 2.05) is 30.3 Å². The van der Waals surface area contributed by atoms with Gasteiger partial charge in [0.1, 0.15) is 17.9 Å². The van der Waals surface area contributed by atoms with Crippen molar-refractivity contribution < 1.29 is 4.79 Å². The highest BCUT2D eigenvalue weighted by Crippen LogP contribution is 2.14. The Morgan fingerprint density at radius 1 is 1.27 bits per heavy atom. The van der Waals surface area contributed by atoms with Gasteiger partial charge in [0.25, 0.3) is 0 Å². The maximum absolute atomic E-state index is 12.4. The van der Waals surface area contributed by atoms with Gasteiger partial charge in [0, 0.05) is 26.7 Å². The number of benzene rings is 1. The zero-order valence-electron chi connectivity index (χ0n) is 12.7. The van der Waals surface area contributed by atoms with E-state index in [1.54, 1.807) is 32.4 Å².